The molecule has 1 aromatic carbocycles. The van der Waals surface area contributed by atoms with Gasteiger partial charge < -0.3 is 5.32 Å². The minimum atomic E-state index is -3.48. The lowest BCUT2D eigenvalue weighted by Crippen LogP contribution is -2.35. The molecule has 20 heavy (non-hydrogen) atoms. The standard InChI is InChI=1S/C13H19BrN2O2S2/c1-9-5-10(7-15-2)6-12(13(9)14)20(17,18)16-11-3-4-19-8-11/h5-6,11,15-16H,3-4,7-8H2,1-2H3. The Balaban J connectivity index is 2.33. The van der Waals surface area contributed by atoms with Gasteiger partial charge in [0, 0.05) is 22.8 Å². The summed E-state index contributed by atoms with van der Waals surface area (Å²) in [5.74, 6) is 1.87. The minimum Gasteiger partial charge on any atom is -0.316 e. The maximum atomic E-state index is 12.5. The Morgan fingerprint density at radius 2 is 2.20 bits per heavy atom. The molecule has 0 aromatic heterocycles. The molecular weight excluding hydrogens is 360 g/mol. The lowest BCUT2D eigenvalue weighted by Gasteiger charge is -2.15. The third kappa shape index (κ3) is 3.76. The SMILES string of the molecule is CNCc1cc(C)c(Br)c(S(=O)(=O)NC2CCSC2)c1. The molecular formula is C13H19BrN2O2S2. The Morgan fingerprint density at radius 3 is 2.80 bits per heavy atom. The molecule has 1 saturated heterocycles. The average Bonchev–Trinajstić information content (AvgIpc) is 2.85. The van der Waals surface area contributed by atoms with E-state index in [9.17, 15) is 8.42 Å². The molecule has 1 aromatic rings. The number of halogens is 1. The summed E-state index contributed by atoms with van der Waals surface area (Å²) < 4.78 is 28.6. The summed E-state index contributed by atoms with van der Waals surface area (Å²) >= 11 is 5.19. The molecule has 2 N–H and O–H groups in total. The second-order valence-electron chi connectivity index (χ2n) is 4.94. The third-order valence-electron chi connectivity index (χ3n) is 3.20. The Labute approximate surface area is 133 Å². The summed E-state index contributed by atoms with van der Waals surface area (Å²) in [5, 5.41) is 3.05. The smallest absolute Gasteiger partial charge is 0.241 e. The largest absolute Gasteiger partial charge is 0.316 e. The fourth-order valence-electron chi connectivity index (χ4n) is 2.22. The van der Waals surface area contributed by atoms with Crippen LogP contribution < -0.4 is 10.0 Å². The molecule has 1 aliphatic rings. The number of nitrogens with one attached hydrogen (secondary N) is 2. The first kappa shape index (κ1) is 16.3. The van der Waals surface area contributed by atoms with Crippen molar-refractivity contribution in [2.24, 2.45) is 0 Å². The molecule has 1 fully saturated rings. The van der Waals surface area contributed by atoms with Crippen molar-refractivity contribution in [3.8, 4) is 0 Å². The molecule has 0 bridgehead atoms. The highest BCUT2D eigenvalue weighted by molar-refractivity contribution is 9.10. The second kappa shape index (κ2) is 6.79. The lowest BCUT2D eigenvalue weighted by molar-refractivity contribution is 0.562. The van der Waals surface area contributed by atoms with Crippen LogP contribution in [0.1, 0.15) is 17.5 Å². The fraction of sp³-hybridized carbons (Fsp3) is 0.538. The molecule has 112 valence electrons. The first-order valence-corrected chi connectivity index (χ1v) is 9.91. The Hall–Kier alpha value is -0.0800. The van der Waals surface area contributed by atoms with E-state index < -0.39 is 10.0 Å². The van der Waals surface area contributed by atoms with Gasteiger partial charge in [-0.3, -0.25) is 0 Å². The van der Waals surface area contributed by atoms with E-state index in [1.165, 1.54) is 0 Å². The van der Waals surface area contributed by atoms with Gasteiger partial charge in [0.1, 0.15) is 0 Å². The molecule has 1 unspecified atom stereocenters. The van der Waals surface area contributed by atoms with Crippen molar-refractivity contribution in [2.45, 2.75) is 30.8 Å². The Kier molecular flexibility index (Phi) is 5.53. The summed E-state index contributed by atoms with van der Waals surface area (Å²) in [5.41, 5.74) is 1.90. The van der Waals surface area contributed by atoms with E-state index >= 15 is 0 Å². The van der Waals surface area contributed by atoms with Crippen LogP contribution in [0.4, 0.5) is 0 Å². The average molecular weight is 379 g/mol. The molecule has 0 aliphatic carbocycles. The van der Waals surface area contributed by atoms with Gasteiger partial charge in [0.15, 0.2) is 0 Å². The van der Waals surface area contributed by atoms with Gasteiger partial charge >= 0.3 is 0 Å². The zero-order chi connectivity index (χ0) is 14.8. The number of rotatable bonds is 5. The number of hydrogen-bond acceptors (Lipinski definition) is 4. The van der Waals surface area contributed by atoms with Gasteiger partial charge in [-0.25, -0.2) is 13.1 Å². The van der Waals surface area contributed by atoms with Crippen molar-refractivity contribution in [2.75, 3.05) is 18.6 Å². The molecule has 4 nitrogen and oxygen atoms in total. The van der Waals surface area contributed by atoms with Crippen LogP contribution in [-0.4, -0.2) is 33.0 Å². The number of thioether (sulfide) groups is 1. The van der Waals surface area contributed by atoms with E-state index in [4.69, 9.17) is 0 Å². The van der Waals surface area contributed by atoms with Crippen LogP contribution in [0.25, 0.3) is 0 Å². The monoisotopic (exact) mass is 378 g/mol. The lowest BCUT2D eigenvalue weighted by atomic mass is 10.1. The van der Waals surface area contributed by atoms with Crippen LogP contribution in [0.5, 0.6) is 0 Å². The van der Waals surface area contributed by atoms with E-state index in [0.717, 1.165) is 29.1 Å². The number of aryl methyl sites for hydroxylation is 1. The normalized spacial score (nSPS) is 19.4. The van der Waals surface area contributed by atoms with Crippen molar-refractivity contribution in [3.63, 3.8) is 0 Å². The van der Waals surface area contributed by atoms with Crippen molar-refractivity contribution < 1.29 is 8.42 Å². The van der Waals surface area contributed by atoms with E-state index in [-0.39, 0.29) is 6.04 Å². The molecule has 1 heterocycles. The van der Waals surface area contributed by atoms with Gasteiger partial charge in [0.25, 0.3) is 0 Å². The van der Waals surface area contributed by atoms with Crippen molar-refractivity contribution in [1.82, 2.24) is 10.0 Å². The number of benzene rings is 1. The van der Waals surface area contributed by atoms with Gasteiger partial charge in [0.2, 0.25) is 10.0 Å². The summed E-state index contributed by atoms with van der Waals surface area (Å²) in [6.45, 7) is 2.56. The van der Waals surface area contributed by atoms with Gasteiger partial charge in [-0.1, -0.05) is 6.07 Å². The Bertz CT molecular complexity index is 584. The highest BCUT2D eigenvalue weighted by atomic mass is 79.9. The Morgan fingerprint density at radius 1 is 1.45 bits per heavy atom. The second-order valence-corrected chi connectivity index (χ2v) is 8.56. The van der Waals surface area contributed by atoms with E-state index in [0.29, 0.717) is 15.9 Å². The van der Waals surface area contributed by atoms with E-state index in [2.05, 4.69) is 26.0 Å². The zero-order valence-electron chi connectivity index (χ0n) is 11.6. The fourth-order valence-corrected chi connectivity index (χ4v) is 5.82. The quantitative estimate of drug-likeness (QED) is 0.824. The molecule has 0 amide bonds. The maximum Gasteiger partial charge on any atom is 0.241 e. The molecule has 0 saturated carbocycles. The molecule has 0 radical (unpaired) electrons. The van der Waals surface area contributed by atoms with E-state index in [1.54, 1.807) is 17.8 Å². The van der Waals surface area contributed by atoms with E-state index in [1.807, 2.05) is 20.0 Å². The molecule has 1 aliphatic heterocycles. The van der Waals surface area contributed by atoms with Crippen molar-refractivity contribution in [3.05, 3.63) is 27.7 Å². The molecule has 7 heteroatoms. The highest BCUT2D eigenvalue weighted by Crippen LogP contribution is 2.28. The van der Waals surface area contributed by atoms with Crippen LogP contribution in [-0.2, 0) is 16.6 Å². The van der Waals surface area contributed by atoms with Crippen LogP contribution in [0.2, 0.25) is 0 Å². The van der Waals surface area contributed by atoms with Crippen LogP contribution in [0, 0.1) is 6.92 Å². The van der Waals surface area contributed by atoms with Crippen molar-refractivity contribution in [1.29, 1.82) is 0 Å². The number of sulfonamides is 1. The molecule has 0 spiro atoms. The summed E-state index contributed by atoms with van der Waals surface area (Å²) in [7, 11) is -1.63. The zero-order valence-corrected chi connectivity index (χ0v) is 14.8. The van der Waals surface area contributed by atoms with Gasteiger partial charge in [0.05, 0.1) is 4.90 Å². The minimum absolute atomic E-state index is 0.0464. The molecule has 1 atom stereocenters. The van der Waals surface area contributed by atoms with Gasteiger partial charge in [-0.15, -0.1) is 0 Å². The van der Waals surface area contributed by atoms with Crippen LogP contribution in [0.3, 0.4) is 0 Å². The first-order valence-electron chi connectivity index (χ1n) is 6.47. The summed E-state index contributed by atoms with van der Waals surface area (Å²) in [6, 6.07) is 3.77. The topological polar surface area (TPSA) is 58.2 Å². The predicted molar refractivity (Wildman–Crippen MR) is 87.7 cm³/mol. The third-order valence-corrected chi connectivity index (χ3v) is 7.22. The number of hydrogen-bond donors (Lipinski definition) is 2. The predicted octanol–water partition coefficient (Wildman–Crippen LogP) is 2.26. The van der Waals surface area contributed by atoms with Crippen molar-refractivity contribution >= 4 is 37.7 Å². The highest BCUT2D eigenvalue weighted by Gasteiger charge is 2.25. The maximum absolute atomic E-state index is 12.5. The summed E-state index contributed by atoms with van der Waals surface area (Å²) in [6.07, 6.45) is 0.900. The first-order chi connectivity index (χ1) is 9.44. The van der Waals surface area contributed by atoms with Gasteiger partial charge in [-0.2, -0.15) is 11.8 Å². The molecule has 2 rings (SSSR count). The van der Waals surface area contributed by atoms with Gasteiger partial charge in [-0.05, 0) is 59.3 Å². The van der Waals surface area contributed by atoms with Crippen LogP contribution >= 0.6 is 27.7 Å². The van der Waals surface area contributed by atoms with Crippen LogP contribution in [0.15, 0.2) is 21.5 Å². The summed E-state index contributed by atoms with van der Waals surface area (Å²) in [4.78, 5) is 0.333.